The Hall–Kier alpha value is -2.21. The first-order valence-electron chi connectivity index (χ1n) is 7.20. The van der Waals surface area contributed by atoms with Crippen LogP contribution in [0.3, 0.4) is 0 Å². The highest BCUT2D eigenvalue weighted by Crippen LogP contribution is 2.26. The van der Waals surface area contributed by atoms with Crippen molar-refractivity contribution in [2.45, 2.75) is 13.5 Å². The molecular weight excluding hydrogens is 347 g/mol. The number of anilines is 2. The molecule has 24 heavy (non-hydrogen) atoms. The van der Waals surface area contributed by atoms with E-state index in [2.05, 4.69) is 20.3 Å². The lowest BCUT2D eigenvalue weighted by molar-refractivity contribution is 0.282. The van der Waals surface area contributed by atoms with Gasteiger partial charge in [-0.05, 0) is 53.9 Å². The Balaban J connectivity index is 1.95. The van der Waals surface area contributed by atoms with E-state index in [1.165, 1.54) is 0 Å². The quantitative estimate of drug-likeness (QED) is 0.721. The van der Waals surface area contributed by atoms with Crippen LogP contribution in [-0.4, -0.2) is 20.1 Å². The van der Waals surface area contributed by atoms with Crippen molar-refractivity contribution in [3.63, 3.8) is 0 Å². The van der Waals surface area contributed by atoms with Crippen LogP contribution in [0.1, 0.15) is 11.1 Å². The van der Waals surface area contributed by atoms with Crippen LogP contribution >= 0.6 is 23.2 Å². The molecule has 0 unspecified atom stereocenters. The summed E-state index contributed by atoms with van der Waals surface area (Å²) in [4.78, 5) is 12.7. The zero-order valence-electron chi connectivity index (χ0n) is 12.8. The van der Waals surface area contributed by atoms with E-state index in [9.17, 15) is 0 Å². The summed E-state index contributed by atoms with van der Waals surface area (Å²) in [5.74, 6) is 0.783. The Morgan fingerprint density at radius 2 is 1.75 bits per heavy atom. The van der Waals surface area contributed by atoms with Crippen molar-refractivity contribution >= 4 is 34.8 Å². The number of aliphatic hydroxyl groups excluding tert-OH is 1. The summed E-state index contributed by atoms with van der Waals surface area (Å²) >= 11 is 12.1. The van der Waals surface area contributed by atoms with E-state index in [1.54, 1.807) is 6.07 Å². The average molecular weight is 361 g/mol. The molecular formula is C17H14Cl2N4O. The normalized spacial score (nSPS) is 10.7. The molecule has 0 amide bonds. The number of hydrogen-bond donors (Lipinski definition) is 2. The van der Waals surface area contributed by atoms with Crippen molar-refractivity contribution in [1.82, 2.24) is 15.0 Å². The zero-order valence-corrected chi connectivity index (χ0v) is 14.3. The molecule has 0 atom stereocenters. The van der Waals surface area contributed by atoms with Crippen LogP contribution in [0.2, 0.25) is 10.3 Å². The molecule has 1 heterocycles. The third-order valence-corrected chi connectivity index (χ3v) is 3.85. The lowest BCUT2D eigenvalue weighted by atomic mass is 10.1. The summed E-state index contributed by atoms with van der Waals surface area (Å²) in [5.41, 5.74) is 3.39. The third kappa shape index (κ3) is 3.82. The molecule has 1 aromatic heterocycles. The van der Waals surface area contributed by atoms with Gasteiger partial charge < -0.3 is 10.4 Å². The Kier molecular flexibility index (Phi) is 4.94. The smallest absolute Gasteiger partial charge is 0.232 e. The summed E-state index contributed by atoms with van der Waals surface area (Å²) < 4.78 is 0. The van der Waals surface area contributed by atoms with Crippen LogP contribution in [0.15, 0.2) is 42.5 Å². The first-order chi connectivity index (χ1) is 11.5. The zero-order chi connectivity index (χ0) is 17.1. The SMILES string of the molecule is Cc1ccc(Cl)cc1-c1nc(Cl)nc(Nc2ccc(CO)cc2)n1. The maximum atomic E-state index is 9.08. The summed E-state index contributed by atoms with van der Waals surface area (Å²) in [6, 6.07) is 12.8. The Morgan fingerprint density at radius 3 is 2.46 bits per heavy atom. The first-order valence-corrected chi connectivity index (χ1v) is 7.95. The predicted octanol–water partition coefficient (Wildman–Crippen LogP) is 4.39. The Morgan fingerprint density at radius 1 is 1.00 bits per heavy atom. The van der Waals surface area contributed by atoms with Gasteiger partial charge in [-0.15, -0.1) is 0 Å². The maximum absolute atomic E-state index is 9.08. The number of nitrogens with one attached hydrogen (secondary N) is 1. The summed E-state index contributed by atoms with van der Waals surface area (Å²) in [5, 5.41) is 12.9. The van der Waals surface area contributed by atoms with E-state index < -0.39 is 0 Å². The van der Waals surface area contributed by atoms with Crippen molar-refractivity contribution in [2.75, 3.05) is 5.32 Å². The van der Waals surface area contributed by atoms with E-state index in [0.717, 1.165) is 22.4 Å². The molecule has 2 N–H and O–H groups in total. The fourth-order valence-corrected chi connectivity index (χ4v) is 2.52. The van der Waals surface area contributed by atoms with Gasteiger partial charge in [-0.25, -0.2) is 0 Å². The molecule has 2 aromatic carbocycles. The van der Waals surface area contributed by atoms with Crippen molar-refractivity contribution in [1.29, 1.82) is 0 Å². The molecule has 3 rings (SSSR count). The number of benzene rings is 2. The van der Waals surface area contributed by atoms with Gasteiger partial charge in [0, 0.05) is 16.3 Å². The number of aliphatic hydroxyl groups is 1. The first kappa shape index (κ1) is 16.6. The lowest BCUT2D eigenvalue weighted by Crippen LogP contribution is -2.02. The van der Waals surface area contributed by atoms with E-state index in [-0.39, 0.29) is 11.9 Å². The molecule has 0 saturated heterocycles. The van der Waals surface area contributed by atoms with Gasteiger partial charge in [0.2, 0.25) is 11.2 Å². The lowest BCUT2D eigenvalue weighted by Gasteiger charge is -2.09. The second kappa shape index (κ2) is 7.13. The van der Waals surface area contributed by atoms with E-state index >= 15 is 0 Å². The second-order valence-corrected chi connectivity index (χ2v) is 5.97. The fourth-order valence-electron chi connectivity index (χ4n) is 2.18. The third-order valence-electron chi connectivity index (χ3n) is 3.44. The van der Waals surface area contributed by atoms with Crippen LogP contribution in [-0.2, 0) is 6.61 Å². The minimum Gasteiger partial charge on any atom is -0.392 e. The molecule has 5 nitrogen and oxygen atoms in total. The van der Waals surface area contributed by atoms with Crippen LogP contribution in [0, 0.1) is 6.92 Å². The van der Waals surface area contributed by atoms with Crippen LogP contribution in [0.25, 0.3) is 11.4 Å². The highest BCUT2D eigenvalue weighted by atomic mass is 35.5. The van der Waals surface area contributed by atoms with Crippen molar-refractivity contribution in [3.8, 4) is 11.4 Å². The molecule has 0 spiro atoms. The standard InChI is InChI=1S/C17H14Cl2N4O/c1-10-2-5-12(18)8-14(10)15-21-16(19)23-17(22-15)20-13-6-3-11(9-24)4-7-13/h2-8,24H,9H2,1H3,(H,20,21,22,23). The minimum atomic E-state index is -0.00391. The highest BCUT2D eigenvalue weighted by Gasteiger charge is 2.10. The van der Waals surface area contributed by atoms with E-state index in [0.29, 0.717) is 16.8 Å². The number of nitrogens with zero attached hydrogens (tertiary/aromatic N) is 3. The summed E-state index contributed by atoms with van der Waals surface area (Å²) in [7, 11) is 0. The molecule has 0 aliphatic heterocycles. The van der Waals surface area contributed by atoms with Crippen LogP contribution in [0.5, 0.6) is 0 Å². The molecule has 0 saturated carbocycles. The number of aromatic nitrogens is 3. The van der Waals surface area contributed by atoms with E-state index in [1.807, 2.05) is 43.3 Å². The summed E-state index contributed by atoms with van der Waals surface area (Å²) in [6.07, 6.45) is 0. The summed E-state index contributed by atoms with van der Waals surface area (Å²) in [6.45, 7) is 1.94. The van der Waals surface area contributed by atoms with Crippen molar-refractivity contribution in [3.05, 3.63) is 63.9 Å². The highest BCUT2D eigenvalue weighted by molar-refractivity contribution is 6.31. The largest absolute Gasteiger partial charge is 0.392 e. The van der Waals surface area contributed by atoms with Crippen LogP contribution in [0.4, 0.5) is 11.6 Å². The van der Waals surface area contributed by atoms with Gasteiger partial charge in [0.25, 0.3) is 0 Å². The van der Waals surface area contributed by atoms with Crippen molar-refractivity contribution < 1.29 is 5.11 Å². The molecule has 0 aliphatic carbocycles. The van der Waals surface area contributed by atoms with Crippen LogP contribution < -0.4 is 5.32 Å². The molecule has 3 aromatic rings. The van der Waals surface area contributed by atoms with Gasteiger partial charge in [0.1, 0.15) is 0 Å². The number of hydrogen-bond acceptors (Lipinski definition) is 5. The van der Waals surface area contributed by atoms with Gasteiger partial charge >= 0.3 is 0 Å². The van der Waals surface area contributed by atoms with Crippen molar-refractivity contribution in [2.24, 2.45) is 0 Å². The second-order valence-electron chi connectivity index (χ2n) is 5.19. The molecule has 0 bridgehead atoms. The minimum absolute atomic E-state index is 0.00391. The Bertz CT molecular complexity index is 869. The molecule has 7 heteroatoms. The van der Waals surface area contributed by atoms with E-state index in [4.69, 9.17) is 28.3 Å². The fraction of sp³-hybridized carbons (Fsp3) is 0.118. The van der Waals surface area contributed by atoms with Gasteiger partial charge in [-0.1, -0.05) is 29.8 Å². The average Bonchev–Trinajstić information content (AvgIpc) is 2.57. The molecule has 0 aliphatic rings. The van der Waals surface area contributed by atoms with Gasteiger partial charge in [-0.3, -0.25) is 0 Å². The Labute approximate surface area is 149 Å². The topological polar surface area (TPSA) is 70.9 Å². The van der Waals surface area contributed by atoms with Gasteiger partial charge in [0.05, 0.1) is 6.61 Å². The monoisotopic (exact) mass is 360 g/mol. The predicted molar refractivity (Wildman–Crippen MR) is 95.7 cm³/mol. The number of aryl methyl sites for hydroxylation is 1. The molecule has 0 radical (unpaired) electrons. The number of rotatable bonds is 4. The maximum Gasteiger partial charge on any atom is 0.232 e. The molecule has 122 valence electrons. The number of halogens is 2. The van der Waals surface area contributed by atoms with Gasteiger partial charge in [0.15, 0.2) is 5.82 Å². The molecule has 0 fully saturated rings. The van der Waals surface area contributed by atoms with Gasteiger partial charge in [-0.2, -0.15) is 15.0 Å².